The van der Waals surface area contributed by atoms with Crippen LogP contribution in [0.2, 0.25) is 0 Å². The van der Waals surface area contributed by atoms with Crippen molar-refractivity contribution in [3.05, 3.63) is 36.3 Å². The van der Waals surface area contributed by atoms with Gasteiger partial charge >= 0.3 is 0 Å². The van der Waals surface area contributed by atoms with E-state index < -0.39 is 11.6 Å². The molecule has 140 valence electrons. The Morgan fingerprint density at radius 1 is 1.07 bits per heavy atom. The van der Waals surface area contributed by atoms with Crippen molar-refractivity contribution in [3.8, 4) is 11.4 Å². The Kier molecular flexibility index (Phi) is 3.84. The number of aromatic amines is 1. The highest BCUT2D eigenvalue weighted by Gasteiger charge is 2.41. The second kappa shape index (κ2) is 6.25. The van der Waals surface area contributed by atoms with Crippen LogP contribution in [-0.4, -0.2) is 26.0 Å². The minimum atomic E-state index is -0.462. The maximum absolute atomic E-state index is 14.4. The van der Waals surface area contributed by atoms with E-state index in [9.17, 15) is 8.78 Å². The van der Waals surface area contributed by atoms with Crippen molar-refractivity contribution in [2.45, 2.75) is 38.6 Å². The van der Waals surface area contributed by atoms with E-state index >= 15 is 0 Å². The number of anilines is 1. The molecule has 0 radical (unpaired) electrons. The summed E-state index contributed by atoms with van der Waals surface area (Å²) >= 11 is 0. The molecule has 0 aliphatic heterocycles. The maximum atomic E-state index is 14.4. The first-order valence-electron chi connectivity index (χ1n) is 9.52. The molecule has 0 aromatic carbocycles. The fourth-order valence-corrected chi connectivity index (χ4v) is 4.92. The van der Waals surface area contributed by atoms with Gasteiger partial charge < -0.3 is 10.3 Å². The molecule has 2 bridgehead atoms. The van der Waals surface area contributed by atoms with Gasteiger partial charge in [0.1, 0.15) is 11.5 Å². The number of nitrogens with one attached hydrogen (secondary N) is 2. The van der Waals surface area contributed by atoms with Crippen LogP contribution in [0, 0.1) is 29.4 Å². The average molecular weight is 369 g/mol. The molecule has 3 heterocycles. The van der Waals surface area contributed by atoms with Gasteiger partial charge in [-0.05, 0) is 49.5 Å². The Hall–Kier alpha value is -2.57. The minimum Gasteiger partial charge on any atom is -0.364 e. The van der Waals surface area contributed by atoms with E-state index in [-0.39, 0.29) is 11.9 Å². The smallest absolute Gasteiger partial charge is 0.183 e. The Bertz CT molecular complexity index is 991. The lowest BCUT2D eigenvalue weighted by molar-refractivity contribution is 0.0926. The number of nitrogens with zero attached hydrogens (tertiary/aromatic N) is 3. The number of rotatable bonds is 3. The number of fused-ring (bicyclic) bond motifs is 4. The summed E-state index contributed by atoms with van der Waals surface area (Å²) in [5.74, 6) is 1.46. The van der Waals surface area contributed by atoms with E-state index in [1.807, 2.05) is 0 Å². The van der Waals surface area contributed by atoms with Crippen molar-refractivity contribution in [2.24, 2.45) is 17.8 Å². The molecule has 3 aromatic rings. The zero-order valence-corrected chi connectivity index (χ0v) is 15.0. The molecule has 6 rings (SSSR count). The van der Waals surface area contributed by atoms with Crippen LogP contribution >= 0.6 is 0 Å². The highest BCUT2D eigenvalue weighted by molar-refractivity contribution is 5.91. The van der Waals surface area contributed by atoms with Crippen LogP contribution in [0.15, 0.2) is 24.7 Å². The zero-order valence-electron chi connectivity index (χ0n) is 15.0. The SMILES string of the molecule is CC1C2CCC(CC2)C1Nc1nc(-c2c[nH]c3ncc(F)cc23)ncc1F. The highest BCUT2D eigenvalue weighted by Crippen LogP contribution is 2.46. The van der Waals surface area contributed by atoms with Gasteiger partial charge in [0.2, 0.25) is 0 Å². The van der Waals surface area contributed by atoms with Gasteiger partial charge in [0, 0.05) is 23.2 Å². The average Bonchev–Trinajstić information content (AvgIpc) is 3.09. The highest BCUT2D eigenvalue weighted by atomic mass is 19.1. The van der Waals surface area contributed by atoms with Crippen molar-refractivity contribution < 1.29 is 8.78 Å². The third kappa shape index (κ3) is 2.76. The Balaban J connectivity index is 1.50. The van der Waals surface area contributed by atoms with E-state index in [0.717, 1.165) is 6.20 Å². The molecule has 5 nitrogen and oxygen atoms in total. The van der Waals surface area contributed by atoms with Crippen LogP contribution in [0.4, 0.5) is 14.6 Å². The lowest BCUT2D eigenvalue weighted by Gasteiger charge is -2.47. The summed E-state index contributed by atoms with van der Waals surface area (Å²) in [7, 11) is 0. The topological polar surface area (TPSA) is 66.5 Å². The van der Waals surface area contributed by atoms with Gasteiger partial charge in [-0.2, -0.15) is 0 Å². The molecule has 3 saturated carbocycles. The van der Waals surface area contributed by atoms with Crippen LogP contribution in [-0.2, 0) is 0 Å². The van der Waals surface area contributed by atoms with E-state index in [1.54, 1.807) is 6.20 Å². The lowest BCUT2D eigenvalue weighted by atomic mass is 9.62. The molecule has 3 aliphatic rings. The normalized spacial score (nSPS) is 27.2. The molecular formula is C20H21F2N5. The summed E-state index contributed by atoms with van der Waals surface area (Å²) in [5.41, 5.74) is 1.16. The molecule has 2 N–H and O–H groups in total. The van der Waals surface area contributed by atoms with Crippen molar-refractivity contribution >= 4 is 16.9 Å². The molecule has 3 aliphatic carbocycles. The quantitative estimate of drug-likeness (QED) is 0.712. The third-order valence-corrected chi connectivity index (χ3v) is 6.42. The molecule has 27 heavy (non-hydrogen) atoms. The Morgan fingerprint density at radius 3 is 2.63 bits per heavy atom. The largest absolute Gasteiger partial charge is 0.364 e. The van der Waals surface area contributed by atoms with Gasteiger partial charge in [-0.25, -0.2) is 23.7 Å². The number of H-pyrrole nitrogens is 1. The molecule has 3 aromatic heterocycles. The van der Waals surface area contributed by atoms with Gasteiger partial charge in [0.15, 0.2) is 17.5 Å². The van der Waals surface area contributed by atoms with Gasteiger partial charge in [-0.1, -0.05) is 6.92 Å². The van der Waals surface area contributed by atoms with Crippen LogP contribution in [0.3, 0.4) is 0 Å². The van der Waals surface area contributed by atoms with Gasteiger partial charge in [0.25, 0.3) is 0 Å². The second-order valence-corrected chi connectivity index (χ2v) is 7.85. The lowest BCUT2D eigenvalue weighted by Crippen LogP contribution is -2.47. The predicted octanol–water partition coefficient (Wildman–Crippen LogP) is 4.53. The molecule has 3 fully saturated rings. The van der Waals surface area contributed by atoms with Gasteiger partial charge in [-0.15, -0.1) is 0 Å². The summed E-state index contributed by atoms with van der Waals surface area (Å²) in [6.07, 6.45) is 8.95. The standard InChI is InChI=1S/C20H21F2N5/c1-10-11-2-4-12(5-3-11)17(10)26-20-16(22)9-25-19(27-20)15-8-24-18-14(15)6-13(21)7-23-18/h6-12,17H,2-5H2,1H3,(H,23,24)(H,25,26,27). The fourth-order valence-electron chi connectivity index (χ4n) is 4.92. The summed E-state index contributed by atoms with van der Waals surface area (Å²) in [4.78, 5) is 15.6. The van der Waals surface area contributed by atoms with Crippen LogP contribution < -0.4 is 5.32 Å². The Morgan fingerprint density at radius 2 is 1.85 bits per heavy atom. The number of halogens is 2. The minimum absolute atomic E-state index is 0.225. The van der Waals surface area contributed by atoms with Crippen molar-refractivity contribution in [1.82, 2.24) is 19.9 Å². The molecular weight excluding hydrogens is 348 g/mol. The molecule has 2 atom stereocenters. The second-order valence-electron chi connectivity index (χ2n) is 7.85. The molecule has 2 unspecified atom stereocenters. The number of hydrogen-bond acceptors (Lipinski definition) is 4. The summed E-state index contributed by atoms with van der Waals surface area (Å²) in [6, 6.07) is 1.62. The van der Waals surface area contributed by atoms with Crippen molar-refractivity contribution in [3.63, 3.8) is 0 Å². The van der Waals surface area contributed by atoms with Crippen LogP contribution in [0.25, 0.3) is 22.4 Å². The summed E-state index contributed by atoms with van der Waals surface area (Å²) in [5, 5.41) is 3.95. The van der Waals surface area contributed by atoms with Crippen molar-refractivity contribution in [2.75, 3.05) is 5.32 Å². The number of aromatic nitrogens is 4. The summed E-state index contributed by atoms with van der Waals surface area (Å²) in [6.45, 7) is 2.25. The van der Waals surface area contributed by atoms with Crippen LogP contribution in [0.5, 0.6) is 0 Å². The first-order chi connectivity index (χ1) is 13.1. The number of hydrogen-bond donors (Lipinski definition) is 2. The van der Waals surface area contributed by atoms with E-state index in [1.165, 1.54) is 37.9 Å². The molecule has 0 spiro atoms. The van der Waals surface area contributed by atoms with E-state index in [2.05, 4.69) is 32.2 Å². The number of pyridine rings is 1. The molecule has 7 heteroatoms. The molecule has 0 saturated heterocycles. The molecule has 0 amide bonds. The van der Waals surface area contributed by atoms with Crippen LogP contribution in [0.1, 0.15) is 32.6 Å². The summed E-state index contributed by atoms with van der Waals surface area (Å²) < 4.78 is 28.0. The fraction of sp³-hybridized carbons (Fsp3) is 0.450. The third-order valence-electron chi connectivity index (χ3n) is 6.42. The zero-order chi connectivity index (χ0) is 18.5. The van der Waals surface area contributed by atoms with Gasteiger partial charge in [0.05, 0.1) is 12.4 Å². The predicted molar refractivity (Wildman–Crippen MR) is 99.1 cm³/mol. The maximum Gasteiger partial charge on any atom is 0.183 e. The Labute approximate surface area is 155 Å². The monoisotopic (exact) mass is 369 g/mol. The first-order valence-corrected chi connectivity index (χ1v) is 9.52. The van der Waals surface area contributed by atoms with Crippen molar-refractivity contribution in [1.29, 1.82) is 0 Å². The van der Waals surface area contributed by atoms with E-state index in [4.69, 9.17) is 0 Å². The first kappa shape index (κ1) is 16.6. The van der Waals surface area contributed by atoms with Gasteiger partial charge in [-0.3, -0.25) is 0 Å². The van der Waals surface area contributed by atoms with E-state index in [0.29, 0.717) is 40.2 Å².